The lowest BCUT2D eigenvalue weighted by atomic mass is 9.82. The normalized spacial score (nSPS) is 23.5. The second-order valence-electron chi connectivity index (χ2n) is 7.65. The highest BCUT2D eigenvalue weighted by molar-refractivity contribution is 5.55. The summed E-state index contributed by atoms with van der Waals surface area (Å²) in [6, 6.07) is 3.79. The van der Waals surface area contributed by atoms with E-state index in [1.807, 2.05) is 4.57 Å². The number of aryl methyl sites for hydroxylation is 1. The van der Waals surface area contributed by atoms with E-state index < -0.39 is 0 Å². The molecule has 0 N–H and O–H groups in total. The van der Waals surface area contributed by atoms with Gasteiger partial charge in [0.2, 0.25) is 0 Å². The summed E-state index contributed by atoms with van der Waals surface area (Å²) < 4.78 is 3.59. The molecule has 0 unspecified atom stereocenters. The van der Waals surface area contributed by atoms with Gasteiger partial charge >= 0.3 is 0 Å². The Bertz CT molecular complexity index is 808. The van der Waals surface area contributed by atoms with Gasteiger partial charge in [0.25, 0.3) is 5.56 Å². The van der Waals surface area contributed by atoms with Crippen molar-refractivity contribution in [3.05, 3.63) is 28.2 Å². The third-order valence-corrected chi connectivity index (χ3v) is 5.13. The zero-order valence-corrected chi connectivity index (χ0v) is 14.5. The van der Waals surface area contributed by atoms with Crippen molar-refractivity contribution < 1.29 is 0 Å². The van der Waals surface area contributed by atoms with Gasteiger partial charge in [0.15, 0.2) is 5.82 Å². The fourth-order valence-corrected chi connectivity index (χ4v) is 4.33. The summed E-state index contributed by atoms with van der Waals surface area (Å²) in [5.41, 5.74) is 2.03. The van der Waals surface area contributed by atoms with Crippen LogP contribution in [0, 0.1) is 11.8 Å². The Hall–Kier alpha value is -2.02. The van der Waals surface area contributed by atoms with Crippen LogP contribution < -0.4 is 5.56 Å². The molecule has 4 rings (SSSR count). The SMILES string of the molecule is CC(C)CN1C[C@@H]2C[C@H](C1)c1cc(-c3nnnn3C)cc(=O)n1C2. The van der Waals surface area contributed by atoms with Crippen LogP contribution in [0.4, 0.5) is 0 Å². The number of tetrazole rings is 1. The van der Waals surface area contributed by atoms with Crippen LogP contribution >= 0.6 is 0 Å². The largest absolute Gasteiger partial charge is 0.312 e. The molecule has 0 radical (unpaired) electrons. The zero-order chi connectivity index (χ0) is 16.8. The summed E-state index contributed by atoms with van der Waals surface area (Å²) in [4.78, 5) is 15.2. The van der Waals surface area contributed by atoms with Gasteiger partial charge in [-0.15, -0.1) is 5.10 Å². The van der Waals surface area contributed by atoms with Crippen LogP contribution in [0.25, 0.3) is 11.4 Å². The Kier molecular flexibility index (Phi) is 3.75. The lowest BCUT2D eigenvalue weighted by Crippen LogP contribution is -2.48. The molecule has 7 nitrogen and oxygen atoms in total. The highest BCUT2D eigenvalue weighted by Gasteiger charge is 2.35. The Morgan fingerprint density at radius 1 is 1.25 bits per heavy atom. The molecule has 0 amide bonds. The Morgan fingerprint density at radius 3 is 2.79 bits per heavy atom. The minimum Gasteiger partial charge on any atom is -0.312 e. The first-order valence-electron chi connectivity index (χ1n) is 8.71. The van der Waals surface area contributed by atoms with Crippen molar-refractivity contribution in [1.82, 2.24) is 29.7 Å². The van der Waals surface area contributed by atoms with E-state index in [0.29, 0.717) is 23.6 Å². The topological polar surface area (TPSA) is 68.8 Å². The maximum atomic E-state index is 12.7. The van der Waals surface area contributed by atoms with Crippen LogP contribution in [0.1, 0.15) is 31.9 Å². The summed E-state index contributed by atoms with van der Waals surface area (Å²) in [6.07, 6.45) is 1.18. The van der Waals surface area contributed by atoms with Crippen molar-refractivity contribution in [3.63, 3.8) is 0 Å². The molecular formula is C17H24N6O. The van der Waals surface area contributed by atoms with E-state index in [0.717, 1.165) is 37.4 Å². The lowest BCUT2D eigenvalue weighted by Gasteiger charge is -2.43. The molecule has 0 spiro atoms. The Balaban J connectivity index is 1.72. The molecule has 0 aliphatic carbocycles. The number of aromatic nitrogens is 5. The maximum absolute atomic E-state index is 12.7. The summed E-state index contributed by atoms with van der Waals surface area (Å²) in [7, 11) is 1.80. The predicted molar refractivity (Wildman–Crippen MR) is 90.6 cm³/mol. The number of rotatable bonds is 3. The molecule has 2 bridgehead atoms. The summed E-state index contributed by atoms with van der Waals surface area (Å²) in [6.45, 7) is 8.63. The molecule has 128 valence electrons. The number of hydrogen-bond acceptors (Lipinski definition) is 5. The first kappa shape index (κ1) is 15.5. The molecule has 2 aromatic rings. The van der Waals surface area contributed by atoms with E-state index in [4.69, 9.17) is 0 Å². The molecule has 24 heavy (non-hydrogen) atoms. The Labute approximate surface area is 141 Å². The van der Waals surface area contributed by atoms with E-state index in [9.17, 15) is 4.79 Å². The fourth-order valence-electron chi connectivity index (χ4n) is 4.33. The maximum Gasteiger partial charge on any atom is 0.251 e. The highest BCUT2D eigenvalue weighted by Crippen LogP contribution is 2.36. The first-order chi connectivity index (χ1) is 11.5. The van der Waals surface area contributed by atoms with E-state index in [2.05, 4.69) is 40.3 Å². The lowest BCUT2D eigenvalue weighted by molar-refractivity contribution is 0.109. The molecule has 2 aliphatic heterocycles. The van der Waals surface area contributed by atoms with Gasteiger partial charge in [0.05, 0.1) is 0 Å². The van der Waals surface area contributed by atoms with E-state index >= 15 is 0 Å². The highest BCUT2D eigenvalue weighted by atomic mass is 16.1. The standard InChI is InChI=1S/C17H24N6O/c1-11(2)7-22-8-12-4-14(10-22)15-5-13(6-16(24)23(15)9-12)17-18-19-20-21(17)3/h5-6,11-12,14H,4,7-10H2,1-3H3/t12-,14+/m0/s1. The van der Waals surface area contributed by atoms with Gasteiger partial charge in [-0.1, -0.05) is 13.8 Å². The third-order valence-electron chi connectivity index (χ3n) is 5.13. The molecule has 1 saturated heterocycles. The third kappa shape index (κ3) is 2.66. The number of pyridine rings is 1. The quantitative estimate of drug-likeness (QED) is 0.844. The average Bonchev–Trinajstić information content (AvgIpc) is 2.93. The zero-order valence-electron chi connectivity index (χ0n) is 14.5. The van der Waals surface area contributed by atoms with Gasteiger partial charge in [-0.3, -0.25) is 4.79 Å². The minimum absolute atomic E-state index is 0.0671. The first-order valence-corrected chi connectivity index (χ1v) is 8.71. The van der Waals surface area contributed by atoms with E-state index in [-0.39, 0.29) is 5.56 Å². The number of nitrogens with zero attached hydrogens (tertiary/aromatic N) is 6. The van der Waals surface area contributed by atoms with Gasteiger partial charge in [-0.2, -0.15) is 0 Å². The smallest absolute Gasteiger partial charge is 0.251 e. The van der Waals surface area contributed by atoms with Crippen molar-refractivity contribution in [3.8, 4) is 11.4 Å². The molecule has 0 aromatic carbocycles. The molecule has 2 aliphatic rings. The second-order valence-corrected chi connectivity index (χ2v) is 7.65. The second kappa shape index (κ2) is 5.81. The van der Waals surface area contributed by atoms with Crippen molar-refractivity contribution in [2.24, 2.45) is 18.9 Å². The van der Waals surface area contributed by atoms with Crippen LogP contribution in [0.3, 0.4) is 0 Å². The van der Waals surface area contributed by atoms with Gasteiger partial charge in [0.1, 0.15) is 0 Å². The molecule has 0 saturated carbocycles. The number of piperidine rings is 1. The van der Waals surface area contributed by atoms with E-state index in [1.54, 1.807) is 17.8 Å². The van der Waals surface area contributed by atoms with Crippen molar-refractivity contribution in [1.29, 1.82) is 0 Å². The average molecular weight is 328 g/mol. The minimum atomic E-state index is 0.0671. The molecule has 2 aromatic heterocycles. The summed E-state index contributed by atoms with van der Waals surface area (Å²) in [5, 5.41) is 11.6. The van der Waals surface area contributed by atoms with E-state index in [1.165, 1.54) is 6.42 Å². The molecular weight excluding hydrogens is 304 g/mol. The summed E-state index contributed by atoms with van der Waals surface area (Å²) >= 11 is 0. The van der Waals surface area contributed by atoms with Crippen molar-refractivity contribution in [2.45, 2.75) is 32.7 Å². The number of likely N-dealkylation sites (tertiary alicyclic amines) is 1. The molecule has 2 atom stereocenters. The Morgan fingerprint density at radius 2 is 2.08 bits per heavy atom. The monoisotopic (exact) mass is 328 g/mol. The number of hydrogen-bond donors (Lipinski definition) is 0. The van der Waals surface area contributed by atoms with Crippen LogP contribution in [-0.2, 0) is 13.6 Å². The van der Waals surface area contributed by atoms with Gasteiger partial charge in [-0.05, 0) is 34.7 Å². The van der Waals surface area contributed by atoms with Crippen molar-refractivity contribution >= 4 is 0 Å². The van der Waals surface area contributed by atoms with Crippen LogP contribution in [-0.4, -0.2) is 49.3 Å². The predicted octanol–water partition coefficient (Wildman–Crippen LogP) is 1.11. The summed E-state index contributed by atoms with van der Waals surface area (Å²) in [5.74, 6) is 2.31. The molecule has 1 fully saturated rings. The van der Waals surface area contributed by atoms with Gasteiger partial charge < -0.3 is 9.47 Å². The van der Waals surface area contributed by atoms with Gasteiger partial charge in [-0.25, -0.2) is 4.68 Å². The molecule has 4 heterocycles. The van der Waals surface area contributed by atoms with Crippen LogP contribution in [0.15, 0.2) is 16.9 Å². The number of fused-ring (bicyclic) bond motifs is 4. The van der Waals surface area contributed by atoms with Crippen LogP contribution in [0.5, 0.6) is 0 Å². The van der Waals surface area contributed by atoms with Crippen LogP contribution in [0.2, 0.25) is 0 Å². The van der Waals surface area contributed by atoms with Crippen molar-refractivity contribution in [2.75, 3.05) is 19.6 Å². The molecule has 7 heteroatoms. The fraction of sp³-hybridized carbons (Fsp3) is 0.647. The van der Waals surface area contributed by atoms with Gasteiger partial charge in [0, 0.05) is 56.5 Å².